The van der Waals surface area contributed by atoms with E-state index in [1.807, 2.05) is 24.3 Å². The number of rotatable bonds is 0. The minimum Gasteiger partial charge on any atom is -0.211 e. The molecule has 3 rings (SSSR count). The van der Waals surface area contributed by atoms with Crippen molar-refractivity contribution in [3.05, 3.63) is 11.9 Å². The van der Waals surface area contributed by atoms with Crippen molar-refractivity contribution >= 4 is 0 Å². The van der Waals surface area contributed by atoms with Crippen LogP contribution in [0.1, 0.15) is 26.2 Å². The second-order valence-electron chi connectivity index (χ2n) is 5.35. The lowest BCUT2D eigenvalue weighted by Crippen LogP contribution is -2.54. The minimum absolute atomic E-state index is 0.290. The van der Waals surface area contributed by atoms with E-state index in [2.05, 4.69) is 0 Å². The van der Waals surface area contributed by atoms with E-state index in [4.69, 9.17) is 0 Å². The first-order chi connectivity index (χ1) is 8.98. The lowest BCUT2D eigenvalue weighted by atomic mass is 9.47. The maximum absolute atomic E-state index is 14.3. The molecule has 2 bridgehead atoms. The fourth-order valence-electron chi connectivity index (χ4n) is 3.47. The number of halogens is 1. The van der Waals surface area contributed by atoms with Crippen molar-refractivity contribution in [2.24, 2.45) is 22.2 Å². The summed E-state index contributed by atoms with van der Waals surface area (Å²) in [6, 6.07) is 7.35. The standard InChI is InChI=1S/C14H11FN4/c1-12-4-2-3-10(5-11(12)15)13(6-16,7-17)14(12,8-18)9-19/h5,10H,2-4H2,1H3. The van der Waals surface area contributed by atoms with Gasteiger partial charge in [-0.1, -0.05) is 13.3 Å². The van der Waals surface area contributed by atoms with Gasteiger partial charge in [0.05, 0.1) is 29.7 Å². The molecule has 1 fully saturated rings. The summed E-state index contributed by atoms with van der Waals surface area (Å²) in [5.74, 6) is -1.25. The summed E-state index contributed by atoms with van der Waals surface area (Å²) in [5, 5.41) is 37.9. The van der Waals surface area contributed by atoms with Crippen LogP contribution in [0, 0.1) is 67.5 Å². The maximum atomic E-state index is 14.3. The van der Waals surface area contributed by atoms with Gasteiger partial charge in [0.25, 0.3) is 0 Å². The Morgan fingerprint density at radius 2 is 1.74 bits per heavy atom. The second kappa shape index (κ2) is 3.81. The van der Waals surface area contributed by atoms with Crippen molar-refractivity contribution in [2.45, 2.75) is 26.2 Å². The van der Waals surface area contributed by atoms with Gasteiger partial charge in [-0.3, -0.25) is 0 Å². The summed E-state index contributed by atoms with van der Waals surface area (Å²) in [4.78, 5) is 0. The first-order valence-electron chi connectivity index (χ1n) is 6.01. The second-order valence-corrected chi connectivity index (χ2v) is 5.35. The third-order valence-electron chi connectivity index (χ3n) is 4.73. The number of nitrogens with zero attached hydrogens (tertiary/aromatic N) is 4. The van der Waals surface area contributed by atoms with Crippen LogP contribution in [0.3, 0.4) is 0 Å². The van der Waals surface area contributed by atoms with Gasteiger partial charge in [-0.15, -0.1) is 0 Å². The Hall–Kier alpha value is -2.37. The Morgan fingerprint density at radius 3 is 2.21 bits per heavy atom. The van der Waals surface area contributed by atoms with Crippen molar-refractivity contribution in [3.63, 3.8) is 0 Å². The van der Waals surface area contributed by atoms with Crippen LogP contribution in [0.15, 0.2) is 11.9 Å². The first kappa shape index (κ1) is 13.1. The molecule has 0 aliphatic heterocycles. The molecule has 0 aromatic carbocycles. The van der Waals surface area contributed by atoms with E-state index in [0.717, 1.165) is 0 Å². The maximum Gasteiger partial charge on any atom is 0.187 e. The molecule has 2 atom stereocenters. The first-order valence-corrected chi connectivity index (χ1v) is 6.01. The summed E-state index contributed by atoms with van der Waals surface area (Å²) >= 11 is 0. The molecule has 0 heterocycles. The van der Waals surface area contributed by atoms with Gasteiger partial charge < -0.3 is 0 Å². The largest absolute Gasteiger partial charge is 0.211 e. The molecule has 0 spiro atoms. The molecule has 0 saturated heterocycles. The van der Waals surface area contributed by atoms with Crippen LogP contribution in [-0.2, 0) is 0 Å². The van der Waals surface area contributed by atoms with Crippen LogP contribution in [0.4, 0.5) is 4.39 Å². The van der Waals surface area contributed by atoms with Crippen molar-refractivity contribution in [1.82, 2.24) is 0 Å². The summed E-state index contributed by atoms with van der Waals surface area (Å²) in [6.07, 6.45) is 2.58. The third kappa shape index (κ3) is 1.13. The lowest BCUT2D eigenvalue weighted by Gasteiger charge is -2.47. The Kier molecular flexibility index (Phi) is 2.62. The molecule has 3 aliphatic rings. The zero-order valence-electron chi connectivity index (χ0n) is 10.4. The van der Waals surface area contributed by atoms with Crippen molar-refractivity contribution in [2.75, 3.05) is 0 Å². The molecular formula is C14H11FN4. The monoisotopic (exact) mass is 254 g/mol. The van der Waals surface area contributed by atoms with Crippen LogP contribution >= 0.6 is 0 Å². The van der Waals surface area contributed by atoms with Crippen LogP contribution in [0.25, 0.3) is 0 Å². The molecule has 0 radical (unpaired) electrons. The van der Waals surface area contributed by atoms with Gasteiger partial charge in [0.15, 0.2) is 10.8 Å². The Bertz CT molecular complexity index is 594. The molecule has 3 aliphatic carbocycles. The average Bonchev–Trinajstić information content (AvgIpc) is 2.63. The minimum atomic E-state index is -1.97. The van der Waals surface area contributed by atoms with Gasteiger partial charge in [-0.2, -0.15) is 21.0 Å². The van der Waals surface area contributed by atoms with Gasteiger partial charge in [-0.25, -0.2) is 4.39 Å². The summed E-state index contributed by atoms with van der Waals surface area (Å²) < 4.78 is 14.3. The summed E-state index contributed by atoms with van der Waals surface area (Å²) in [6.45, 7) is 1.47. The molecule has 94 valence electrons. The van der Waals surface area contributed by atoms with Gasteiger partial charge in [0, 0.05) is 5.92 Å². The van der Waals surface area contributed by atoms with Crippen LogP contribution in [0.5, 0.6) is 0 Å². The average molecular weight is 254 g/mol. The lowest BCUT2D eigenvalue weighted by molar-refractivity contribution is 0.0652. The number of allylic oxidation sites excluding steroid dienone is 2. The van der Waals surface area contributed by atoms with Gasteiger partial charge in [0.2, 0.25) is 0 Å². The van der Waals surface area contributed by atoms with E-state index in [1.165, 1.54) is 13.0 Å². The molecule has 1 saturated carbocycles. The van der Waals surface area contributed by atoms with Crippen LogP contribution < -0.4 is 0 Å². The summed E-state index contributed by atoms with van der Waals surface area (Å²) in [5.41, 5.74) is -5.17. The fraction of sp³-hybridized carbons (Fsp3) is 0.571. The van der Waals surface area contributed by atoms with E-state index in [0.29, 0.717) is 12.8 Å². The molecule has 0 N–H and O–H groups in total. The highest BCUT2D eigenvalue weighted by Crippen LogP contribution is 2.66. The Labute approximate surface area is 111 Å². The predicted molar refractivity (Wildman–Crippen MR) is 62.0 cm³/mol. The normalized spacial score (nSPS) is 33.8. The van der Waals surface area contributed by atoms with Crippen molar-refractivity contribution in [1.29, 1.82) is 21.0 Å². The zero-order chi connectivity index (χ0) is 14.3. The number of nitriles is 4. The molecule has 5 heteroatoms. The van der Waals surface area contributed by atoms with E-state index >= 15 is 0 Å². The van der Waals surface area contributed by atoms with E-state index in [1.54, 1.807) is 0 Å². The number of fused-ring (bicyclic) bond motifs is 3. The van der Waals surface area contributed by atoms with E-state index < -0.39 is 28.0 Å². The Morgan fingerprint density at radius 1 is 1.16 bits per heavy atom. The van der Waals surface area contributed by atoms with Gasteiger partial charge in [-0.05, 0) is 18.9 Å². The van der Waals surface area contributed by atoms with Gasteiger partial charge in [0.1, 0.15) is 5.83 Å². The fourth-order valence-corrected chi connectivity index (χ4v) is 3.47. The molecule has 19 heavy (non-hydrogen) atoms. The number of hydrogen-bond donors (Lipinski definition) is 0. The molecule has 0 amide bonds. The Balaban J connectivity index is 2.93. The molecule has 0 aromatic heterocycles. The highest BCUT2D eigenvalue weighted by Gasteiger charge is 2.71. The van der Waals surface area contributed by atoms with Gasteiger partial charge >= 0.3 is 0 Å². The quantitative estimate of drug-likeness (QED) is 0.663. The number of hydrogen-bond acceptors (Lipinski definition) is 4. The molecule has 0 aromatic rings. The SMILES string of the molecule is CC12CCCC(C=C1F)C(C#N)(C#N)C2(C#N)C#N. The summed E-state index contributed by atoms with van der Waals surface area (Å²) in [7, 11) is 0. The van der Waals surface area contributed by atoms with Crippen LogP contribution in [-0.4, -0.2) is 0 Å². The smallest absolute Gasteiger partial charge is 0.187 e. The molecule has 2 unspecified atom stereocenters. The molecular weight excluding hydrogens is 243 g/mol. The van der Waals surface area contributed by atoms with Crippen LogP contribution in [0.2, 0.25) is 0 Å². The van der Waals surface area contributed by atoms with Crippen molar-refractivity contribution in [3.8, 4) is 24.3 Å². The predicted octanol–water partition coefficient (Wildman–Crippen LogP) is 2.73. The highest BCUT2D eigenvalue weighted by atomic mass is 19.1. The third-order valence-corrected chi connectivity index (χ3v) is 4.73. The highest BCUT2D eigenvalue weighted by molar-refractivity contribution is 5.47. The zero-order valence-corrected chi connectivity index (χ0v) is 10.4. The molecule has 4 nitrogen and oxygen atoms in total. The topological polar surface area (TPSA) is 95.2 Å². The van der Waals surface area contributed by atoms with E-state index in [9.17, 15) is 25.4 Å². The van der Waals surface area contributed by atoms with Crippen molar-refractivity contribution < 1.29 is 4.39 Å². The van der Waals surface area contributed by atoms with E-state index in [-0.39, 0.29) is 6.42 Å².